The van der Waals surface area contributed by atoms with Gasteiger partial charge in [0.15, 0.2) is 0 Å². The Labute approximate surface area is 84.2 Å². The molecule has 0 bridgehead atoms. The Hall–Kier alpha value is -1.42. The van der Waals surface area contributed by atoms with E-state index in [1.807, 2.05) is 13.8 Å². The fraction of sp³-hybridized carbons (Fsp3) is 0.400. The van der Waals surface area contributed by atoms with Crippen LogP contribution in [-0.4, -0.2) is 25.5 Å². The van der Waals surface area contributed by atoms with Crippen LogP contribution in [0.1, 0.15) is 13.8 Å². The molecule has 0 rings (SSSR count). The molecule has 2 N–H and O–H groups in total. The van der Waals surface area contributed by atoms with Crippen LogP contribution in [0.3, 0.4) is 0 Å². The highest BCUT2D eigenvalue weighted by Gasteiger charge is 1.96. The lowest BCUT2D eigenvalue weighted by Gasteiger charge is -1.93. The molecule has 0 aromatic rings. The molecule has 0 aromatic carbocycles. The molecular formula is C10H16N2O2. The van der Waals surface area contributed by atoms with Crippen molar-refractivity contribution in [2.45, 2.75) is 13.8 Å². The van der Waals surface area contributed by atoms with Gasteiger partial charge in [0.2, 0.25) is 5.91 Å². The van der Waals surface area contributed by atoms with E-state index in [0.29, 0.717) is 18.9 Å². The average Bonchev–Trinajstić information content (AvgIpc) is 2.15. The first-order valence-electron chi connectivity index (χ1n) is 4.42. The molecule has 0 aliphatic rings. The summed E-state index contributed by atoms with van der Waals surface area (Å²) < 4.78 is 4.97. The van der Waals surface area contributed by atoms with Crippen molar-refractivity contribution in [1.82, 2.24) is 0 Å². The summed E-state index contributed by atoms with van der Waals surface area (Å²) in [5.74, 6) is -0.467. The smallest absolute Gasteiger partial charge is 0.248 e. The number of primary amides is 1. The van der Waals surface area contributed by atoms with Crippen LogP contribution < -0.4 is 5.73 Å². The standard InChI is InChI=1S/C10H16N2O2/c1-3-5-9(10(11)13)6-7-12-8-14-4-2/h3,5-7H,4,8H2,1-2H3,(H2,11,13)/b5-3-,9-6+,12-7+. The molecule has 0 aromatic heterocycles. The van der Waals surface area contributed by atoms with Gasteiger partial charge in [0.05, 0.1) is 0 Å². The second-order valence-corrected chi connectivity index (χ2v) is 2.44. The van der Waals surface area contributed by atoms with Gasteiger partial charge in [0.1, 0.15) is 6.73 Å². The van der Waals surface area contributed by atoms with Crippen molar-refractivity contribution in [2.75, 3.05) is 13.3 Å². The molecule has 0 aliphatic carbocycles. The van der Waals surface area contributed by atoms with Gasteiger partial charge in [-0.05, 0) is 19.9 Å². The maximum atomic E-state index is 10.8. The van der Waals surface area contributed by atoms with Crippen molar-refractivity contribution in [3.05, 3.63) is 23.8 Å². The van der Waals surface area contributed by atoms with Crippen molar-refractivity contribution in [3.63, 3.8) is 0 Å². The summed E-state index contributed by atoms with van der Waals surface area (Å²) in [6.45, 7) is 4.63. The lowest BCUT2D eigenvalue weighted by atomic mass is 10.2. The van der Waals surface area contributed by atoms with E-state index in [4.69, 9.17) is 10.5 Å². The van der Waals surface area contributed by atoms with Gasteiger partial charge in [-0.1, -0.05) is 12.2 Å². The number of amides is 1. The van der Waals surface area contributed by atoms with E-state index in [1.54, 1.807) is 18.2 Å². The zero-order valence-electron chi connectivity index (χ0n) is 8.56. The number of aliphatic imine (C=N–C) groups is 1. The minimum Gasteiger partial charge on any atom is -0.366 e. The molecule has 1 amide bonds. The maximum absolute atomic E-state index is 10.8. The van der Waals surface area contributed by atoms with E-state index in [1.165, 1.54) is 6.21 Å². The van der Waals surface area contributed by atoms with Gasteiger partial charge < -0.3 is 10.5 Å². The molecule has 0 unspecified atom stereocenters. The molecule has 0 saturated carbocycles. The zero-order valence-corrected chi connectivity index (χ0v) is 8.56. The monoisotopic (exact) mass is 196 g/mol. The third kappa shape index (κ3) is 6.14. The summed E-state index contributed by atoms with van der Waals surface area (Å²) in [6.07, 6.45) is 6.44. The van der Waals surface area contributed by atoms with Crippen molar-refractivity contribution in [2.24, 2.45) is 10.7 Å². The van der Waals surface area contributed by atoms with Gasteiger partial charge in [0, 0.05) is 18.4 Å². The van der Waals surface area contributed by atoms with Gasteiger partial charge in [-0.25, -0.2) is 0 Å². The van der Waals surface area contributed by atoms with Crippen LogP contribution in [0.5, 0.6) is 0 Å². The number of allylic oxidation sites excluding steroid dienone is 2. The zero-order chi connectivity index (χ0) is 10.8. The fourth-order valence-electron chi connectivity index (χ4n) is 0.719. The molecule has 0 spiro atoms. The van der Waals surface area contributed by atoms with Crippen LogP contribution in [0, 0.1) is 0 Å². The molecule has 0 radical (unpaired) electrons. The van der Waals surface area contributed by atoms with Gasteiger partial charge >= 0.3 is 0 Å². The molecule has 0 heterocycles. The highest BCUT2D eigenvalue weighted by Crippen LogP contribution is 1.93. The van der Waals surface area contributed by atoms with Crippen molar-refractivity contribution < 1.29 is 9.53 Å². The average molecular weight is 196 g/mol. The summed E-state index contributed by atoms with van der Waals surface area (Å²) in [5.41, 5.74) is 5.54. The number of carbonyl (C=O) groups excluding carboxylic acids is 1. The molecule has 0 saturated heterocycles. The number of hydrogen-bond donors (Lipinski definition) is 1. The van der Waals surface area contributed by atoms with Gasteiger partial charge in [-0.2, -0.15) is 0 Å². The van der Waals surface area contributed by atoms with Gasteiger partial charge in [-0.3, -0.25) is 9.79 Å². The Balaban J connectivity index is 4.16. The number of nitrogens with two attached hydrogens (primary N) is 1. The Morgan fingerprint density at radius 3 is 2.79 bits per heavy atom. The predicted octanol–water partition coefficient (Wildman–Crippen LogP) is 1.04. The molecule has 4 heteroatoms. The van der Waals surface area contributed by atoms with E-state index in [0.717, 1.165) is 0 Å². The summed E-state index contributed by atoms with van der Waals surface area (Å²) in [6, 6.07) is 0. The normalized spacial score (nSPS) is 12.9. The number of nitrogens with zero attached hydrogens (tertiary/aromatic N) is 1. The first-order chi connectivity index (χ1) is 6.72. The van der Waals surface area contributed by atoms with Gasteiger partial charge in [-0.15, -0.1) is 0 Å². The summed E-state index contributed by atoms with van der Waals surface area (Å²) in [7, 11) is 0. The number of rotatable bonds is 6. The molecule has 78 valence electrons. The van der Waals surface area contributed by atoms with Crippen LogP contribution in [-0.2, 0) is 9.53 Å². The van der Waals surface area contributed by atoms with Gasteiger partial charge in [0.25, 0.3) is 0 Å². The maximum Gasteiger partial charge on any atom is 0.248 e. The molecular weight excluding hydrogens is 180 g/mol. The van der Waals surface area contributed by atoms with E-state index >= 15 is 0 Å². The second-order valence-electron chi connectivity index (χ2n) is 2.44. The Bertz CT molecular complexity index is 255. The second kappa shape index (κ2) is 8.19. The van der Waals surface area contributed by atoms with Crippen LogP contribution in [0.15, 0.2) is 28.8 Å². The van der Waals surface area contributed by atoms with Crippen LogP contribution in [0.4, 0.5) is 0 Å². The van der Waals surface area contributed by atoms with E-state index in [2.05, 4.69) is 4.99 Å². The van der Waals surface area contributed by atoms with E-state index in [9.17, 15) is 4.79 Å². The number of carbonyl (C=O) groups is 1. The Morgan fingerprint density at radius 1 is 1.57 bits per heavy atom. The van der Waals surface area contributed by atoms with Crippen LogP contribution >= 0.6 is 0 Å². The Morgan fingerprint density at radius 2 is 2.29 bits per heavy atom. The topological polar surface area (TPSA) is 64.7 Å². The lowest BCUT2D eigenvalue weighted by molar-refractivity contribution is -0.114. The lowest BCUT2D eigenvalue weighted by Crippen LogP contribution is -2.12. The largest absolute Gasteiger partial charge is 0.366 e. The van der Waals surface area contributed by atoms with Crippen molar-refractivity contribution in [3.8, 4) is 0 Å². The highest BCUT2D eigenvalue weighted by molar-refractivity contribution is 5.98. The Kier molecular flexibility index (Phi) is 7.36. The first kappa shape index (κ1) is 12.6. The molecule has 0 aliphatic heterocycles. The predicted molar refractivity (Wildman–Crippen MR) is 57.1 cm³/mol. The minimum absolute atomic E-state index is 0.300. The SMILES string of the molecule is C\C=C/C(=C\C=N\COCC)C(N)=O. The summed E-state index contributed by atoms with van der Waals surface area (Å²) in [5, 5.41) is 0. The third-order valence-electron chi connectivity index (χ3n) is 1.36. The number of ether oxygens (including phenoxy) is 1. The quantitative estimate of drug-likeness (QED) is 0.298. The van der Waals surface area contributed by atoms with Crippen molar-refractivity contribution >= 4 is 12.1 Å². The van der Waals surface area contributed by atoms with Crippen LogP contribution in [0.2, 0.25) is 0 Å². The van der Waals surface area contributed by atoms with Crippen molar-refractivity contribution in [1.29, 1.82) is 0 Å². The molecule has 14 heavy (non-hydrogen) atoms. The van der Waals surface area contributed by atoms with E-state index in [-0.39, 0.29) is 0 Å². The minimum atomic E-state index is -0.467. The first-order valence-corrected chi connectivity index (χ1v) is 4.42. The van der Waals surface area contributed by atoms with E-state index < -0.39 is 5.91 Å². The third-order valence-corrected chi connectivity index (χ3v) is 1.36. The van der Waals surface area contributed by atoms with Crippen LogP contribution in [0.25, 0.3) is 0 Å². The molecule has 4 nitrogen and oxygen atoms in total. The fourth-order valence-corrected chi connectivity index (χ4v) is 0.719. The summed E-state index contributed by atoms with van der Waals surface area (Å²) in [4.78, 5) is 14.7. The molecule has 0 atom stereocenters. The highest BCUT2D eigenvalue weighted by atomic mass is 16.5. The number of hydrogen-bond acceptors (Lipinski definition) is 3. The summed E-state index contributed by atoms with van der Waals surface area (Å²) >= 11 is 0. The molecule has 0 fully saturated rings.